The summed E-state index contributed by atoms with van der Waals surface area (Å²) in [6.45, 7) is 7.60. The molecule has 0 unspecified atom stereocenters. The Morgan fingerprint density at radius 1 is 1.07 bits per heavy atom. The third kappa shape index (κ3) is 3.71. The summed E-state index contributed by atoms with van der Waals surface area (Å²) >= 11 is 0. The van der Waals surface area contributed by atoms with Crippen LogP contribution in [0.25, 0.3) is 4.85 Å². The Hall–Kier alpha value is -2.35. The van der Waals surface area contributed by atoms with Gasteiger partial charge in [-0.1, -0.05) is 31.4 Å². The number of benzene rings is 1. The number of aliphatic carboxylic acids is 1. The van der Waals surface area contributed by atoms with E-state index in [-0.39, 0.29) is 12.3 Å². The summed E-state index contributed by atoms with van der Waals surface area (Å²) < 4.78 is 0. The number of hydrogen-bond donors (Lipinski definition) is 2. The molecule has 0 bridgehead atoms. The number of rotatable bonds is 6. The topological polar surface area (TPSA) is 70.8 Å². The van der Waals surface area contributed by atoms with E-state index in [1.807, 2.05) is 12.1 Å². The van der Waals surface area contributed by atoms with Crippen molar-refractivity contribution in [2.45, 2.75) is 81.6 Å². The van der Waals surface area contributed by atoms with Gasteiger partial charge in [-0.05, 0) is 67.1 Å². The Kier molecular flexibility index (Phi) is 4.67. The van der Waals surface area contributed by atoms with Crippen molar-refractivity contribution in [2.24, 2.45) is 0 Å². The molecular formula is C22H26N2O3. The van der Waals surface area contributed by atoms with Gasteiger partial charge in [-0.15, -0.1) is 0 Å². The van der Waals surface area contributed by atoms with E-state index in [9.17, 15) is 14.7 Å². The highest BCUT2D eigenvalue weighted by molar-refractivity contribution is 5.88. The predicted octanol–water partition coefficient (Wildman–Crippen LogP) is 4.44. The molecule has 142 valence electrons. The number of nitrogens with one attached hydrogen (secondary N) is 1. The van der Waals surface area contributed by atoms with E-state index in [2.05, 4.69) is 10.2 Å². The molecule has 3 aliphatic rings. The van der Waals surface area contributed by atoms with Crippen molar-refractivity contribution in [1.29, 1.82) is 0 Å². The number of nitrogens with zero attached hydrogens (tertiary/aromatic N) is 1. The number of hydrogen-bond acceptors (Lipinski definition) is 2. The smallest absolute Gasteiger partial charge is 0.329 e. The Morgan fingerprint density at radius 2 is 1.63 bits per heavy atom. The Morgan fingerprint density at radius 3 is 2.07 bits per heavy atom. The van der Waals surface area contributed by atoms with Gasteiger partial charge in [0.1, 0.15) is 5.54 Å². The van der Waals surface area contributed by atoms with Crippen LogP contribution in [0.5, 0.6) is 0 Å². The fourth-order valence-electron chi connectivity index (χ4n) is 4.43. The first-order valence-corrected chi connectivity index (χ1v) is 10.1. The Labute approximate surface area is 160 Å². The lowest BCUT2D eigenvalue weighted by Gasteiger charge is -2.34. The van der Waals surface area contributed by atoms with Crippen LogP contribution in [0.15, 0.2) is 12.1 Å². The summed E-state index contributed by atoms with van der Waals surface area (Å²) in [5.41, 5.74) is 2.81. The molecule has 1 aromatic carbocycles. The Balaban J connectivity index is 1.56. The highest BCUT2D eigenvalue weighted by Gasteiger charge is 2.41. The van der Waals surface area contributed by atoms with Crippen molar-refractivity contribution in [2.75, 3.05) is 0 Å². The van der Waals surface area contributed by atoms with E-state index >= 15 is 0 Å². The summed E-state index contributed by atoms with van der Waals surface area (Å²) in [7, 11) is 0. The van der Waals surface area contributed by atoms with Crippen LogP contribution in [0.1, 0.15) is 86.3 Å². The second kappa shape index (κ2) is 6.99. The second-order valence-electron chi connectivity index (χ2n) is 8.46. The molecule has 5 nitrogen and oxygen atoms in total. The molecule has 3 saturated carbocycles. The molecule has 0 aromatic heterocycles. The third-order valence-electron chi connectivity index (χ3n) is 6.23. The van der Waals surface area contributed by atoms with E-state index in [4.69, 9.17) is 6.57 Å². The van der Waals surface area contributed by atoms with E-state index in [0.717, 1.165) is 67.3 Å². The maximum atomic E-state index is 12.7. The van der Waals surface area contributed by atoms with Crippen LogP contribution in [0, 0.1) is 6.57 Å². The lowest BCUT2D eigenvalue weighted by atomic mass is 9.81. The van der Waals surface area contributed by atoms with Crippen molar-refractivity contribution in [3.63, 3.8) is 0 Å². The minimum absolute atomic E-state index is 0.187. The van der Waals surface area contributed by atoms with Gasteiger partial charge in [0.05, 0.1) is 13.0 Å². The molecule has 1 amide bonds. The normalized spacial score (nSPS) is 21.3. The van der Waals surface area contributed by atoms with Gasteiger partial charge in [-0.2, -0.15) is 0 Å². The van der Waals surface area contributed by atoms with Crippen molar-refractivity contribution in [3.05, 3.63) is 40.2 Å². The van der Waals surface area contributed by atoms with Crippen molar-refractivity contribution >= 4 is 17.6 Å². The van der Waals surface area contributed by atoms with Crippen molar-refractivity contribution in [1.82, 2.24) is 5.32 Å². The van der Waals surface area contributed by atoms with Crippen LogP contribution in [-0.2, 0) is 16.0 Å². The zero-order valence-corrected chi connectivity index (χ0v) is 15.6. The highest BCUT2D eigenvalue weighted by Crippen LogP contribution is 2.51. The number of amides is 1. The maximum absolute atomic E-state index is 12.7. The molecule has 0 radical (unpaired) electrons. The first-order chi connectivity index (χ1) is 13.0. The van der Waals surface area contributed by atoms with Gasteiger partial charge < -0.3 is 10.4 Å². The molecule has 0 saturated heterocycles. The van der Waals surface area contributed by atoms with E-state index in [1.54, 1.807) is 0 Å². The maximum Gasteiger partial charge on any atom is 0.329 e. The van der Waals surface area contributed by atoms with E-state index < -0.39 is 11.5 Å². The molecule has 4 rings (SSSR count). The van der Waals surface area contributed by atoms with Gasteiger partial charge in [0.25, 0.3) is 0 Å². The highest BCUT2D eigenvalue weighted by atomic mass is 16.4. The summed E-state index contributed by atoms with van der Waals surface area (Å²) in [4.78, 5) is 28.3. The zero-order valence-electron chi connectivity index (χ0n) is 15.6. The predicted molar refractivity (Wildman–Crippen MR) is 102 cm³/mol. The summed E-state index contributed by atoms with van der Waals surface area (Å²) in [6.07, 6.45) is 8.36. The zero-order chi connectivity index (χ0) is 19.0. The number of carbonyl (C=O) groups excluding carboxylic acids is 1. The van der Waals surface area contributed by atoms with E-state index in [0.29, 0.717) is 24.7 Å². The first-order valence-electron chi connectivity index (χ1n) is 10.1. The fourth-order valence-corrected chi connectivity index (χ4v) is 4.43. The van der Waals surface area contributed by atoms with Gasteiger partial charge in [-0.25, -0.2) is 9.64 Å². The molecule has 0 spiro atoms. The average Bonchev–Trinajstić information content (AvgIpc) is 3.55. The molecule has 0 aliphatic heterocycles. The van der Waals surface area contributed by atoms with Crippen molar-refractivity contribution < 1.29 is 14.7 Å². The van der Waals surface area contributed by atoms with Gasteiger partial charge in [0, 0.05) is 0 Å². The largest absolute Gasteiger partial charge is 0.480 e. The number of carboxylic acids is 1. The van der Waals surface area contributed by atoms with Crippen LogP contribution in [0.4, 0.5) is 5.69 Å². The quantitative estimate of drug-likeness (QED) is 0.731. The lowest BCUT2D eigenvalue weighted by Crippen LogP contribution is -2.56. The minimum atomic E-state index is -1.11. The average molecular weight is 366 g/mol. The molecule has 3 fully saturated rings. The SMILES string of the molecule is [C-]#[N+]c1c(C2CC2)cc(CC(=O)NC2(C(=O)O)CCCCC2)cc1C1CC1. The van der Waals surface area contributed by atoms with Crippen LogP contribution < -0.4 is 5.32 Å². The van der Waals surface area contributed by atoms with E-state index in [1.165, 1.54) is 0 Å². The third-order valence-corrected chi connectivity index (χ3v) is 6.23. The summed E-state index contributed by atoms with van der Waals surface area (Å²) in [5, 5.41) is 12.5. The van der Waals surface area contributed by atoms with Crippen LogP contribution in [0.2, 0.25) is 0 Å². The molecule has 0 heterocycles. The summed E-state index contributed by atoms with van der Waals surface area (Å²) in [6, 6.07) is 4.04. The van der Waals surface area contributed by atoms with Crippen molar-refractivity contribution in [3.8, 4) is 0 Å². The Bertz CT molecular complexity index is 776. The molecular weight excluding hydrogens is 340 g/mol. The molecule has 1 aromatic rings. The minimum Gasteiger partial charge on any atom is -0.480 e. The lowest BCUT2D eigenvalue weighted by molar-refractivity contribution is -0.149. The standard InChI is InChI=1S/C22H26N2O3/c1-23-20-17(15-5-6-15)11-14(12-18(20)16-7-8-16)13-19(25)24-22(21(26)27)9-3-2-4-10-22/h11-12,15-16H,2-10,13H2,(H,24,25)(H,26,27). The van der Waals surface area contributed by atoms with Crippen LogP contribution in [-0.4, -0.2) is 22.5 Å². The first kappa shape index (κ1) is 18.0. The number of carbonyl (C=O) groups is 2. The second-order valence-corrected chi connectivity index (χ2v) is 8.46. The van der Waals surface area contributed by atoms with Gasteiger partial charge >= 0.3 is 5.97 Å². The molecule has 0 atom stereocenters. The van der Waals surface area contributed by atoms with Crippen LogP contribution >= 0.6 is 0 Å². The fraction of sp³-hybridized carbons (Fsp3) is 0.591. The van der Waals surface area contributed by atoms with Gasteiger partial charge in [-0.3, -0.25) is 4.79 Å². The molecule has 27 heavy (non-hydrogen) atoms. The number of carboxylic acid groups (broad SMARTS) is 1. The molecule has 2 N–H and O–H groups in total. The monoisotopic (exact) mass is 366 g/mol. The van der Waals surface area contributed by atoms with Gasteiger partial charge in [0.2, 0.25) is 5.91 Å². The molecule has 3 aliphatic carbocycles. The summed E-state index contributed by atoms with van der Waals surface area (Å²) in [5.74, 6) is -0.230. The van der Waals surface area contributed by atoms with Gasteiger partial charge in [0.15, 0.2) is 5.69 Å². The molecule has 5 heteroatoms. The van der Waals surface area contributed by atoms with Crippen LogP contribution in [0.3, 0.4) is 0 Å².